The van der Waals surface area contributed by atoms with E-state index in [1.54, 1.807) is 4.90 Å². The van der Waals surface area contributed by atoms with Gasteiger partial charge >= 0.3 is 0 Å². The molecule has 0 saturated carbocycles. The summed E-state index contributed by atoms with van der Waals surface area (Å²) in [6, 6.07) is 13.8. The fourth-order valence-electron chi connectivity index (χ4n) is 2.55. The Bertz CT molecular complexity index is 681. The van der Waals surface area contributed by atoms with Crippen molar-refractivity contribution >= 4 is 28.7 Å². The molecule has 0 radical (unpaired) electrons. The molecule has 0 aliphatic carbocycles. The zero-order valence-electron chi connectivity index (χ0n) is 11.6. The van der Waals surface area contributed by atoms with Crippen LogP contribution in [0.3, 0.4) is 0 Å². The molecular weight excluding hydrogens is 250 g/mol. The molecule has 3 rings (SSSR count). The van der Waals surface area contributed by atoms with Gasteiger partial charge in [0.15, 0.2) is 0 Å². The Balaban J connectivity index is 1.96. The van der Waals surface area contributed by atoms with E-state index in [1.165, 1.54) is 0 Å². The molecule has 0 bridgehead atoms. The molecule has 1 aliphatic heterocycles. The number of nitrogens with zero attached hydrogens (tertiary/aromatic N) is 2. The molecule has 102 valence electrons. The van der Waals surface area contributed by atoms with E-state index in [2.05, 4.69) is 11.0 Å². The summed E-state index contributed by atoms with van der Waals surface area (Å²) in [5, 5.41) is 0. The summed E-state index contributed by atoms with van der Waals surface area (Å²) in [7, 11) is 3.81. The van der Waals surface area contributed by atoms with Gasteiger partial charge in [0.25, 0.3) is 0 Å². The second kappa shape index (κ2) is 4.56. The van der Waals surface area contributed by atoms with Crippen LogP contribution < -0.4 is 15.5 Å². The normalized spacial score (nSPS) is 13.5. The Morgan fingerprint density at radius 3 is 2.65 bits per heavy atom. The number of hydrogen-bond acceptors (Lipinski definition) is 3. The van der Waals surface area contributed by atoms with Crippen molar-refractivity contribution in [2.75, 3.05) is 29.6 Å². The van der Waals surface area contributed by atoms with E-state index in [1.807, 2.05) is 50.5 Å². The number of amides is 1. The van der Waals surface area contributed by atoms with E-state index < -0.39 is 0 Å². The quantitative estimate of drug-likeness (QED) is 0.851. The molecule has 2 N–H and O–H groups in total. The third-order valence-corrected chi connectivity index (χ3v) is 3.79. The monoisotopic (exact) mass is 267 g/mol. The molecule has 1 aliphatic rings. The Kier molecular flexibility index (Phi) is 2.86. The third-order valence-electron chi connectivity index (χ3n) is 3.79. The SMILES string of the molecule is CN1C(=O)Cc2cc(N(C)c3cccc(N)c3)ccc21. The van der Waals surface area contributed by atoms with Crippen LogP contribution in [0.5, 0.6) is 0 Å². The number of hydrogen-bond donors (Lipinski definition) is 1. The van der Waals surface area contributed by atoms with E-state index in [0.29, 0.717) is 6.42 Å². The predicted molar refractivity (Wildman–Crippen MR) is 82.5 cm³/mol. The summed E-state index contributed by atoms with van der Waals surface area (Å²) >= 11 is 0. The zero-order valence-corrected chi connectivity index (χ0v) is 11.6. The Hall–Kier alpha value is -2.49. The fourth-order valence-corrected chi connectivity index (χ4v) is 2.55. The summed E-state index contributed by atoms with van der Waals surface area (Å²) in [5.74, 6) is 0.142. The first-order valence-electron chi connectivity index (χ1n) is 6.55. The summed E-state index contributed by atoms with van der Waals surface area (Å²) < 4.78 is 0. The number of nitrogen functional groups attached to an aromatic ring is 1. The number of likely N-dealkylation sites (N-methyl/N-ethyl adjacent to an activating group) is 1. The average molecular weight is 267 g/mol. The molecule has 0 fully saturated rings. The maximum absolute atomic E-state index is 11.7. The summed E-state index contributed by atoms with van der Waals surface area (Å²) in [6.07, 6.45) is 0.477. The van der Waals surface area contributed by atoms with Gasteiger partial charge in [0.05, 0.1) is 6.42 Å². The third kappa shape index (κ3) is 1.99. The largest absolute Gasteiger partial charge is 0.399 e. The first-order valence-corrected chi connectivity index (χ1v) is 6.55. The van der Waals surface area contributed by atoms with Crippen molar-refractivity contribution in [3.63, 3.8) is 0 Å². The zero-order chi connectivity index (χ0) is 14.3. The van der Waals surface area contributed by atoms with Crippen LogP contribution >= 0.6 is 0 Å². The number of rotatable bonds is 2. The minimum Gasteiger partial charge on any atom is -0.399 e. The number of fused-ring (bicyclic) bond motifs is 1. The summed E-state index contributed by atoms with van der Waals surface area (Å²) in [4.78, 5) is 15.5. The maximum Gasteiger partial charge on any atom is 0.231 e. The Morgan fingerprint density at radius 2 is 1.90 bits per heavy atom. The van der Waals surface area contributed by atoms with Crippen molar-refractivity contribution in [1.29, 1.82) is 0 Å². The van der Waals surface area contributed by atoms with Gasteiger partial charge in [-0.15, -0.1) is 0 Å². The molecule has 0 spiro atoms. The topological polar surface area (TPSA) is 49.6 Å². The Morgan fingerprint density at radius 1 is 1.15 bits per heavy atom. The number of anilines is 4. The van der Waals surface area contributed by atoms with Crippen molar-refractivity contribution in [3.05, 3.63) is 48.0 Å². The van der Waals surface area contributed by atoms with Crippen molar-refractivity contribution in [3.8, 4) is 0 Å². The lowest BCUT2D eigenvalue weighted by Gasteiger charge is -2.21. The van der Waals surface area contributed by atoms with Crippen LogP contribution in [-0.2, 0) is 11.2 Å². The van der Waals surface area contributed by atoms with Crippen LogP contribution in [0.1, 0.15) is 5.56 Å². The van der Waals surface area contributed by atoms with Crippen LogP contribution in [0.25, 0.3) is 0 Å². The molecule has 2 aromatic carbocycles. The van der Waals surface area contributed by atoms with Crippen LogP contribution in [0, 0.1) is 0 Å². The summed E-state index contributed by atoms with van der Waals surface area (Å²) in [5.41, 5.74) is 10.7. The van der Waals surface area contributed by atoms with Crippen molar-refractivity contribution < 1.29 is 4.79 Å². The molecule has 0 saturated heterocycles. The highest BCUT2D eigenvalue weighted by atomic mass is 16.2. The smallest absolute Gasteiger partial charge is 0.231 e. The van der Waals surface area contributed by atoms with Gasteiger partial charge in [0, 0.05) is 36.8 Å². The van der Waals surface area contributed by atoms with E-state index in [0.717, 1.165) is 28.3 Å². The minimum absolute atomic E-state index is 0.142. The van der Waals surface area contributed by atoms with E-state index in [9.17, 15) is 4.79 Å². The van der Waals surface area contributed by atoms with Crippen molar-refractivity contribution in [2.24, 2.45) is 0 Å². The van der Waals surface area contributed by atoms with Gasteiger partial charge < -0.3 is 15.5 Å². The number of nitrogens with two attached hydrogens (primary N) is 1. The first-order chi connectivity index (χ1) is 9.56. The molecule has 0 unspecified atom stereocenters. The molecule has 4 nitrogen and oxygen atoms in total. The number of benzene rings is 2. The van der Waals surface area contributed by atoms with Gasteiger partial charge in [-0.1, -0.05) is 6.07 Å². The molecule has 0 atom stereocenters. The van der Waals surface area contributed by atoms with E-state index in [4.69, 9.17) is 5.73 Å². The molecule has 2 aromatic rings. The lowest BCUT2D eigenvalue weighted by molar-refractivity contribution is -0.117. The highest BCUT2D eigenvalue weighted by molar-refractivity contribution is 6.01. The van der Waals surface area contributed by atoms with Gasteiger partial charge in [0.1, 0.15) is 0 Å². The van der Waals surface area contributed by atoms with Crippen LogP contribution in [0.2, 0.25) is 0 Å². The minimum atomic E-state index is 0.142. The van der Waals surface area contributed by atoms with E-state index in [-0.39, 0.29) is 5.91 Å². The van der Waals surface area contributed by atoms with Crippen molar-refractivity contribution in [2.45, 2.75) is 6.42 Å². The van der Waals surface area contributed by atoms with Crippen LogP contribution in [-0.4, -0.2) is 20.0 Å². The van der Waals surface area contributed by atoms with Crippen molar-refractivity contribution in [1.82, 2.24) is 0 Å². The van der Waals surface area contributed by atoms with Gasteiger partial charge in [-0.05, 0) is 42.0 Å². The molecule has 1 heterocycles. The standard InChI is InChI=1S/C16H17N3O/c1-18(13-5-3-4-12(17)10-13)14-6-7-15-11(8-14)9-16(20)19(15)2/h3-8,10H,9,17H2,1-2H3. The number of carbonyl (C=O) groups is 1. The highest BCUT2D eigenvalue weighted by Crippen LogP contribution is 2.33. The summed E-state index contributed by atoms with van der Waals surface area (Å²) in [6.45, 7) is 0. The molecule has 0 aromatic heterocycles. The fraction of sp³-hybridized carbons (Fsp3) is 0.188. The van der Waals surface area contributed by atoms with Gasteiger partial charge in [-0.3, -0.25) is 4.79 Å². The molecule has 1 amide bonds. The lowest BCUT2D eigenvalue weighted by Crippen LogP contribution is -2.20. The van der Waals surface area contributed by atoms with E-state index >= 15 is 0 Å². The molecule has 4 heteroatoms. The van der Waals surface area contributed by atoms with Gasteiger partial charge in [-0.25, -0.2) is 0 Å². The Labute approximate surface area is 118 Å². The second-order valence-corrected chi connectivity index (χ2v) is 5.10. The molecule has 20 heavy (non-hydrogen) atoms. The average Bonchev–Trinajstić information content (AvgIpc) is 2.73. The predicted octanol–water partition coefficient (Wildman–Crippen LogP) is 2.56. The van der Waals surface area contributed by atoms with Crippen LogP contribution in [0.15, 0.2) is 42.5 Å². The first kappa shape index (κ1) is 12.5. The van der Waals surface area contributed by atoms with Crippen LogP contribution in [0.4, 0.5) is 22.7 Å². The second-order valence-electron chi connectivity index (χ2n) is 5.10. The van der Waals surface area contributed by atoms with Gasteiger partial charge in [-0.2, -0.15) is 0 Å². The van der Waals surface area contributed by atoms with Gasteiger partial charge in [0.2, 0.25) is 5.91 Å². The lowest BCUT2D eigenvalue weighted by atomic mass is 10.1. The number of carbonyl (C=O) groups excluding carboxylic acids is 1. The highest BCUT2D eigenvalue weighted by Gasteiger charge is 2.24. The molecular formula is C16H17N3O. The maximum atomic E-state index is 11.7.